The van der Waals surface area contributed by atoms with Gasteiger partial charge in [-0.1, -0.05) is 47.7 Å². The van der Waals surface area contributed by atoms with Crippen molar-refractivity contribution in [2.75, 3.05) is 5.32 Å². The number of aromatic nitrogens is 3. The molecule has 0 aliphatic carbocycles. The summed E-state index contributed by atoms with van der Waals surface area (Å²) in [6.07, 6.45) is 0. The van der Waals surface area contributed by atoms with Crippen LogP contribution in [0.1, 0.15) is 15.9 Å². The van der Waals surface area contributed by atoms with Gasteiger partial charge in [0.05, 0.1) is 12.1 Å². The molecule has 0 unspecified atom stereocenters. The van der Waals surface area contributed by atoms with Gasteiger partial charge < -0.3 is 9.73 Å². The zero-order chi connectivity index (χ0) is 20.5. The molecule has 0 atom stereocenters. The van der Waals surface area contributed by atoms with Gasteiger partial charge in [-0.05, 0) is 42.0 Å². The van der Waals surface area contributed by atoms with Crippen LogP contribution in [0, 0.1) is 0 Å². The normalized spacial score (nSPS) is 11.1. The summed E-state index contributed by atoms with van der Waals surface area (Å²) in [4.78, 5) is 24.7. The Labute approximate surface area is 170 Å². The zero-order valence-electron chi connectivity index (χ0n) is 15.8. The smallest absolute Gasteiger partial charge is 0.349 e. The average molecular weight is 396 g/mol. The van der Waals surface area contributed by atoms with Crippen LogP contribution < -0.4 is 10.9 Å². The number of hydrogen-bond donors (Lipinski definition) is 1. The van der Waals surface area contributed by atoms with Crippen LogP contribution in [0.4, 0.5) is 5.69 Å². The summed E-state index contributed by atoms with van der Waals surface area (Å²) in [5.74, 6) is -0.510. The first-order valence-electron chi connectivity index (χ1n) is 9.39. The Morgan fingerprint density at radius 2 is 1.73 bits per heavy atom. The molecule has 3 aromatic carbocycles. The lowest BCUT2D eigenvalue weighted by atomic mass is 10.1. The maximum absolute atomic E-state index is 12.6. The largest absolute Gasteiger partial charge is 0.422 e. The lowest BCUT2D eigenvalue weighted by Crippen LogP contribution is -2.20. The number of fused-ring (bicyclic) bond motifs is 2. The Hall–Kier alpha value is -4.26. The van der Waals surface area contributed by atoms with Crippen LogP contribution in [0.2, 0.25) is 0 Å². The fourth-order valence-corrected chi connectivity index (χ4v) is 3.32. The van der Waals surface area contributed by atoms with E-state index in [9.17, 15) is 9.59 Å². The van der Waals surface area contributed by atoms with Gasteiger partial charge in [-0.15, -0.1) is 5.10 Å². The highest BCUT2D eigenvalue weighted by atomic mass is 16.4. The summed E-state index contributed by atoms with van der Waals surface area (Å²) in [5, 5.41) is 11.8. The lowest BCUT2D eigenvalue weighted by Gasteiger charge is -2.07. The number of benzene rings is 3. The van der Waals surface area contributed by atoms with Crippen LogP contribution in [0.5, 0.6) is 0 Å². The number of amides is 1. The Balaban J connectivity index is 1.34. The van der Waals surface area contributed by atoms with E-state index in [4.69, 9.17) is 4.42 Å². The van der Waals surface area contributed by atoms with E-state index >= 15 is 0 Å². The molecule has 5 rings (SSSR count). The van der Waals surface area contributed by atoms with E-state index in [0.717, 1.165) is 16.6 Å². The van der Waals surface area contributed by atoms with Crippen LogP contribution in [0.15, 0.2) is 88.1 Å². The molecule has 2 heterocycles. The Bertz CT molecular complexity index is 1430. The number of hydrogen-bond acceptors (Lipinski definition) is 5. The molecular weight excluding hydrogens is 380 g/mol. The van der Waals surface area contributed by atoms with Crippen molar-refractivity contribution in [2.24, 2.45) is 0 Å². The van der Waals surface area contributed by atoms with E-state index in [2.05, 4.69) is 15.6 Å². The van der Waals surface area contributed by atoms with Crippen LogP contribution in [0.3, 0.4) is 0 Å². The second-order valence-corrected chi connectivity index (χ2v) is 6.87. The minimum atomic E-state index is -0.666. The fourth-order valence-electron chi connectivity index (χ4n) is 3.32. The van der Waals surface area contributed by atoms with E-state index in [-0.39, 0.29) is 5.56 Å². The molecule has 0 saturated heterocycles. The van der Waals surface area contributed by atoms with Gasteiger partial charge in [-0.2, -0.15) is 0 Å². The number of carbonyl (C=O) groups is 1. The minimum Gasteiger partial charge on any atom is -0.422 e. The maximum Gasteiger partial charge on any atom is 0.349 e. The fraction of sp³-hybridized carbons (Fsp3) is 0.0435. The molecule has 0 radical (unpaired) electrons. The molecule has 1 amide bonds. The second kappa shape index (κ2) is 7.29. The van der Waals surface area contributed by atoms with Gasteiger partial charge in [0, 0.05) is 11.1 Å². The Morgan fingerprint density at radius 3 is 2.60 bits per heavy atom. The van der Waals surface area contributed by atoms with Gasteiger partial charge in [0.2, 0.25) is 0 Å². The molecule has 2 aromatic heterocycles. The van der Waals surface area contributed by atoms with Crippen LogP contribution in [-0.4, -0.2) is 20.9 Å². The van der Waals surface area contributed by atoms with Gasteiger partial charge in [-0.3, -0.25) is 4.79 Å². The molecule has 0 spiro atoms. The van der Waals surface area contributed by atoms with E-state index in [1.54, 1.807) is 36.4 Å². The molecule has 5 aromatic rings. The zero-order valence-corrected chi connectivity index (χ0v) is 15.8. The van der Waals surface area contributed by atoms with Gasteiger partial charge in [0.25, 0.3) is 5.91 Å². The van der Waals surface area contributed by atoms with Crippen molar-refractivity contribution in [3.63, 3.8) is 0 Å². The van der Waals surface area contributed by atoms with Gasteiger partial charge in [-0.25, -0.2) is 9.48 Å². The highest BCUT2D eigenvalue weighted by Gasteiger charge is 2.14. The predicted octanol–water partition coefficient (Wildman–Crippen LogP) is 3.84. The Kier molecular flexibility index (Phi) is 4.33. The van der Waals surface area contributed by atoms with E-state index in [1.807, 2.05) is 47.1 Å². The van der Waals surface area contributed by atoms with Crippen molar-refractivity contribution in [1.82, 2.24) is 15.0 Å². The maximum atomic E-state index is 12.6. The summed E-state index contributed by atoms with van der Waals surface area (Å²) in [6.45, 7) is 0.559. The standard InChI is InChI=1S/C23H16N4O3/c28-22(18-13-16-5-1-4-8-21(16)30-23(18)29)24-17-11-9-15(10-12-17)14-27-20-7-3-2-6-19(20)25-26-27/h1-13H,14H2,(H,24,28). The van der Waals surface area contributed by atoms with Gasteiger partial charge >= 0.3 is 5.63 Å². The number of carbonyl (C=O) groups excluding carboxylic acids is 1. The van der Waals surface area contributed by atoms with Crippen molar-refractivity contribution >= 4 is 33.6 Å². The molecule has 0 aliphatic heterocycles. The summed E-state index contributed by atoms with van der Waals surface area (Å²) < 4.78 is 7.06. The SMILES string of the molecule is O=C(Nc1ccc(Cn2nnc3ccccc32)cc1)c1cc2ccccc2oc1=O. The highest BCUT2D eigenvalue weighted by Crippen LogP contribution is 2.16. The van der Waals surface area contributed by atoms with Crippen molar-refractivity contribution in [3.8, 4) is 0 Å². The monoisotopic (exact) mass is 396 g/mol. The number of anilines is 1. The lowest BCUT2D eigenvalue weighted by molar-refractivity contribution is 0.102. The molecule has 1 N–H and O–H groups in total. The molecule has 0 saturated carbocycles. The third kappa shape index (κ3) is 3.33. The average Bonchev–Trinajstić information content (AvgIpc) is 3.17. The summed E-state index contributed by atoms with van der Waals surface area (Å²) in [6, 6.07) is 23.7. The van der Waals surface area contributed by atoms with E-state index in [0.29, 0.717) is 23.2 Å². The molecule has 30 heavy (non-hydrogen) atoms. The Morgan fingerprint density at radius 1 is 0.967 bits per heavy atom. The number of rotatable bonds is 4. The molecule has 0 aliphatic rings. The highest BCUT2D eigenvalue weighted by molar-refractivity contribution is 6.05. The molecule has 7 heteroatoms. The van der Waals surface area contributed by atoms with E-state index < -0.39 is 11.5 Å². The molecule has 146 valence electrons. The number of nitrogens with zero attached hydrogens (tertiary/aromatic N) is 3. The minimum absolute atomic E-state index is 0.0353. The first-order chi connectivity index (χ1) is 14.7. The van der Waals surface area contributed by atoms with Crippen molar-refractivity contribution < 1.29 is 9.21 Å². The first-order valence-corrected chi connectivity index (χ1v) is 9.39. The third-order valence-corrected chi connectivity index (χ3v) is 4.85. The number of nitrogens with one attached hydrogen (secondary N) is 1. The van der Waals surface area contributed by atoms with E-state index in [1.165, 1.54) is 0 Å². The summed E-state index contributed by atoms with van der Waals surface area (Å²) >= 11 is 0. The third-order valence-electron chi connectivity index (χ3n) is 4.85. The molecular formula is C23H16N4O3. The molecule has 7 nitrogen and oxygen atoms in total. The van der Waals surface area contributed by atoms with Crippen molar-refractivity contribution in [3.05, 3.63) is 100 Å². The number of para-hydroxylation sites is 2. The van der Waals surface area contributed by atoms with Crippen molar-refractivity contribution in [1.29, 1.82) is 0 Å². The van der Waals surface area contributed by atoms with Crippen molar-refractivity contribution in [2.45, 2.75) is 6.54 Å². The first kappa shape index (κ1) is 17.8. The van der Waals surface area contributed by atoms with Gasteiger partial charge in [0.15, 0.2) is 0 Å². The van der Waals surface area contributed by atoms with Crippen LogP contribution in [0.25, 0.3) is 22.0 Å². The summed E-state index contributed by atoms with van der Waals surface area (Å²) in [7, 11) is 0. The van der Waals surface area contributed by atoms with Crippen LogP contribution in [-0.2, 0) is 6.54 Å². The second-order valence-electron chi connectivity index (χ2n) is 6.87. The topological polar surface area (TPSA) is 90.0 Å². The predicted molar refractivity (Wildman–Crippen MR) is 114 cm³/mol. The molecule has 0 fully saturated rings. The van der Waals surface area contributed by atoms with Gasteiger partial charge in [0.1, 0.15) is 16.7 Å². The molecule has 0 bridgehead atoms. The quantitative estimate of drug-likeness (QED) is 0.466. The van der Waals surface area contributed by atoms with Crippen LogP contribution >= 0.6 is 0 Å². The summed E-state index contributed by atoms with van der Waals surface area (Å²) in [5.41, 5.74) is 3.14.